The van der Waals surface area contributed by atoms with Gasteiger partial charge in [-0.05, 0) is 77.1 Å². The number of fused-ring (bicyclic) bond motifs is 4. The van der Waals surface area contributed by atoms with Crippen LogP contribution in [0.2, 0.25) is 0 Å². The van der Waals surface area contributed by atoms with Gasteiger partial charge in [-0.25, -0.2) is 15.0 Å². The molecular formula is C40H45N13O5. The number of allylic oxidation sites excluding steroid dienone is 2. The van der Waals surface area contributed by atoms with Crippen LogP contribution in [0.15, 0.2) is 54.7 Å². The van der Waals surface area contributed by atoms with Crippen molar-refractivity contribution in [2.75, 3.05) is 25.6 Å². The molecule has 18 heteroatoms. The number of aryl methyl sites for hydroxylation is 4. The SMILES string of the molecule is CCn1nc(C)cc1C(=O)Nc1nc2cc(C(N)=O)cc(OC)c2n1C/C=C/Cn1c2nc(-c3cc(C)nn3CC)ncc2c2cc(C(N)=O)cc(OCCCN)c21. The predicted molar refractivity (Wildman–Crippen MR) is 219 cm³/mol. The normalized spacial score (nSPS) is 11.7. The molecule has 0 aliphatic heterocycles. The summed E-state index contributed by atoms with van der Waals surface area (Å²) in [6.07, 6.45) is 6.20. The summed E-state index contributed by atoms with van der Waals surface area (Å²) in [5.41, 5.74) is 22.6. The molecule has 7 rings (SSSR count). The monoisotopic (exact) mass is 787 g/mol. The zero-order valence-electron chi connectivity index (χ0n) is 32.9. The lowest BCUT2D eigenvalue weighted by Crippen LogP contribution is -2.20. The molecule has 0 unspecified atom stereocenters. The number of ether oxygens (including phenoxy) is 2. The molecule has 7 aromatic rings. The van der Waals surface area contributed by atoms with E-state index in [1.54, 1.807) is 45.8 Å². The van der Waals surface area contributed by atoms with Gasteiger partial charge in [-0.2, -0.15) is 10.2 Å². The van der Waals surface area contributed by atoms with Gasteiger partial charge in [0, 0.05) is 54.3 Å². The number of amides is 3. The number of rotatable bonds is 16. The first-order chi connectivity index (χ1) is 28.0. The van der Waals surface area contributed by atoms with Crippen molar-refractivity contribution in [3.8, 4) is 23.0 Å². The van der Waals surface area contributed by atoms with E-state index in [1.807, 2.05) is 55.2 Å². The zero-order chi connectivity index (χ0) is 41.2. The Labute approximate surface area is 332 Å². The molecule has 2 aromatic carbocycles. The zero-order valence-corrected chi connectivity index (χ0v) is 32.9. The third-order valence-electron chi connectivity index (χ3n) is 9.69. The number of methoxy groups -OCH3 is 1. The molecule has 0 radical (unpaired) electrons. The van der Waals surface area contributed by atoms with Crippen molar-refractivity contribution in [1.29, 1.82) is 0 Å². The molecule has 0 aliphatic rings. The van der Waals surface area contributed by atoms with Crippen LogP contribution in [-0.4, -0.2) is 81.6 Å². The summed E-state index contributed by atoms with van der Waals surface area (Å²) in [4.78, 5) is 52.9. The topological polar surface area (TPSA) is 244 Å². The Balaban J connectivity index is 1.34. The highest BCUT2D eigenvalue weighted by Crippen LogP contribution is 2.37. The van der Waals surface area contributed by atoms with Crippen LogP contribution in [0.3, 0.4) is 0 Å². The van der Waals surface area contributed by atoms with Crippen molar-refractivity contribution in [1.82, 2.24) is 43.6 Å². The summed E-state index contributed by atoms with van der Waals surface area (Å²) in [7, 11) is 1.48. The summed E-state index contributed by atoms with van der Waals surface area (Å²) in [5.74, 6) is -0.161. The van der Waals surface area contributed by atoms with Gasteiger partial charge in [-0.15, -0.1) is 0 Å². The van der Waals surface area contributed by atoms with Gasteiger partial charge < -0.3 is 35.8 Å². The Morgan fingerprint density at radius 2 is 1.48 bits per heavy atom. The maximum absolute atomic E-state index is 13.6. The highest BCUT2D eigenvalue weighted by molar-refractivity contribution is 6.12. The third kappa shape index (κ3) is 7.32. The molecule has 0 atom stereocenters. The van der Waals surface area contributed by atoms with Crippen molar-refractivity contribution in [2.24, 2.45) is 17.2 Å². The Hall–Kier alpha value is -7.08. The molecule has 0 saturated carbocycles. The molecule has 58 heavy (non-hydrogen) atoms. The Bertz CT molecular complexity index is 2750. The molecule has 0 saturated heterocycles. The molecule has 7 N–H and O–H groups in total. The van der Waals surface area contributed by atoms with Crippen LogP contribution in [0.4, 0.5) is 5.95 Å². The molecule has 0 aliphatic carbocycles. The summed E-state index contributed by atoms with van der Waals surface area (Å²) in [6, 6.07) is 10.1. The van der Waals surface area contributed by atoms with Gasteiger partial charge in [0.2, 0.25) is 17.8 Å². The van der Waals surface area contributed by atoms with Crippen molar-refractivity contribution in [2.45, 2.75) is 60.3 Å². The minimum atomic E-state index is -0.649. The standard InChI is InChI=1S/C40H45N13O5/c1-6-52-29(15-22(3)48-52)37-44-21-27-26-17-24(35(42)54)20-32(58-14-10-11-41)33(26)50(38(27)46-37)12-8-9-13-51-34-28(18-25(36(43)55)19-31(34)57-5)45-40(51)47-39(56)30-16-23(4)49-53(30)7-2/h8-9,15-21H,6-7,10-14,41H2,1-5H3,(H2,42,54)(H2,43,55)(H,45,47,56)/b9-8+. The first-order valence-electron chi connectivity index (χ1n) is 18.8. The number of benzene rings is 2. The van der Waals surface area contributed by atoms with Crippen LogP contribution < -0.4 is 32.0 Å². The lowest BCUT2D eigenvalue weighted by Gasteiger charge is -2.12. The second kappa shape index (κ2) is 16.2. The van der Waals surface area contributed by atoms with Crippen LogP contribution in [0.1, 0.15) is 62.9 Å². The van der Waals surface area contributed by atoms with Gasteiger partial charge in [-0.1, -0.05) is 12.2 Å². The number of carbonyl (C=O) groups is 3. The molecule has 5 heterocycles. The summed E-state index contributed by atoms with van der Waals surface area (Å²) in [6.45, 7) is 10.0. The van der Waals surface area contributed by atoms with Crippen LogP contribution >= 0.6 is 0 Å². The van der Waals surface area contributed by atoms with E-state index >= 15 is 0 Å². The number of hydrogen-bond acceptors (Lipinski definition) is 11. The van der Waals surface area contributed by atoms with E-state index in [2.05, 4.69) is 15.5 Å². The number of anilines is 1. The Morgan fingerprint density at radius 3 is 2.17 bits per heavy atom. The first kappa shape index (κ1) is 39.2. The van der Waals surface area contributed by atoms with E-state index in [0.717, 1.165) is 11.4 Å². The van der Waals surface area contributed by atoms with E-state index in [4.69, 9.17) is 41.6 Å². The molecule has 3 amide bonds. The molecule has 18 nitrogen and oxygen atoms in total. The third-order valence-corrected chi connectivity index (χ3v) is 9.69. The van der Waals surface area contributed by atoms with E-state index < -0.39 is 17.7 Å². The maximum Gasteiger partial charge on any atom is 0.276 e. The smallest absolute Gasteiger partial charge is 0.276 e. The average molecular weight is 788 g/mol. The second-order valence-electron chi connectivity index (χ2n) is 13.6. The first-order valence-corrected chi connectivity index (χ1v) is 18.8. The van der Waals surface area contributed by atoms with Gasteiger partial charge in [0.05, 0.1) is 36.1 Å². The average Bonchev–Trinajstić information content (AvgIpc) is 3.97. The summed E-state index contributed by atoms with van der Waals surface area (Å²) in [5, 5.41) is 13.3. The number of imidazole rings is 1. The molecule has 0 bridgehead atoms. The van der Waals surface area contributed by atoms with Crippen molar-refractivity contribution in [3.05, 3.63) is 83.0 Å². The van der Waals surface area contributed by atoms with Crippen LogP contribution in [-0.2, 0) is 26.2 Å². The number of nitrogens with one attached hydrogen (secondary N) is 1. The van der Waals surface area contributed by atoms with Crippen molar-refractivity contribution < 1.29 is 23.9 Å². The number of aromatic nitrogens is 9. The van der Waals surface area contributed by atoms with Crippen molar-refractivity contribution >= 4 is 56.6 Å². The fraction of sp³-hybridized carbons (Fsp3) is 0.300. The van der Waals surface area contributed by atoms with E-state index in [1.165, 1.54) is 7.11 Å². The Kier molecular flexibility index (Phi) is 10.9. The molecule has 0 fully saturated rings. The Morgan fingerprint density at radius 1 is 0.810 bits per heavy atom. The number of carbonyl (C=O) groups excluding carboxylic acids is 3. The lowest BCUT2D eigenvalue weighted by molar-refractivity contribution is 0.0991. The van der Waals surface area contributed by atoms with E-state index in [9.17, 15) is 14.4 Å². The van der Waals surface area contributed by atoms with Gasteiger partial charge in [-0.3, -0.25) is 29.1 Å². The lowest BCUT2D eigenvalue weighted by atomic mass is 10.1. The highest BCUT2D eigenvalue weighted by Gasteiger charge is 2.23. The minimum absolute atomic E-state index is 0.205. The fourth-order valence-corrected chi connectivity index (χ4v) is 7.05. The molecule has 300 valence electrons. The summed E-state index contributed by atoms with van der Waals surface area (Å²) < 4.78 is 19.2. The minimum Gasteiger partial charge on any atom is -0.494 e. The number of primary amides is 2. The maximum atomic E-state index is 13.6. The van der Waals surface area contributed by atoms with E-state index in [0.29, 0.717) is 101 Å². The molecule has 5 aromatic heterocycles. The number of nitrogens with zero attached hydrogens (tertiary/aromatic N) is 9. The van der Waals surface area contributed by atoms with E-state index in [-0.39, 0.29) is 23.6 Å². The quantitative estimate of drug-likeness (QED) is 0.0803. The van der Waals surface area contributed by atoms with Crippen LogP contribution in [0.25, 0.3) is 44.5 Å². The van der Waals surface area contributed by atoms with Gasteiger partial charge in [0.15, 0.2) is 5.82 Å². The largest absolute Gasteiger partial charge is 0.494 e. The predicted octanol–water partition coefficient (Wildman–Crippen LogP) is 4.09. The fourth-order valence-electron chi connectivity index (χ4n) is 7.05. The van der Waals surface area contributed by atoms with Gasteiger partial charge >= 0.3 is 0 Å². The van der Waals surface area contributed by atoms with Gasteiger partial charge in [0.25, 0.3) is 5.91 Å². The number of nitrogens with two attached hydrogens (primary N) is 3. The van der Waals surface area contributed by atoms with Crippen molar-refractivity contribution in [3.63, 3.8) is 0 Å². The summed E-state index contributed by atoms with van der Waals surface area (Å²) >= 11 is 0. The number of hydrogen-bond donors (Lipinski definition) is 4. The highest BCUT2D eigenvalue weighted by atomic mass is 16.5. The molecule has 0 spiro atoms. The van der Waals surface area contributed by atoms with Crippen LogP contribution in [0.5, 0.6) is 11.5 Å². The van der Waals surface area contributed by atoms with Gasteiger partial charge in [0.1, 0.15) is 34.1 Å². The van der Waals surface area contributed by atoms with Crippen LogP contribution in [0, 0.1) is 13.8 Å². The second-order valence-corrected chi connectivity index (χ2v) is 13.6. The molecular weight excluding hydrogens is 743 g/mol.